The highest BCUT2D eigenvalue weighted by molar-refractivity contribution is 5.93. The molecule has 6 rings (SSSR count). The van der Waals surface area contributed by atoms with Crippen LogP contribution >= 0.6 is 0 Å². The van der Waals surface area contributed by atoms with Crippen LogP contribution in [0.25, 0.3) is 0 Å². The van der Waals surface area contributed by atoms with Gasteiger partial charge in [-0.3, -0.25) is 15.0 Å². The number of ether oxygens (including phenoxy) is 2. The molecule has 8 nitrogen and oxygen atoms in total. The van der Waals surface area contributed by atoms with E-state index in [4.69, 9.17) is 9.47 Å². The highest BCUT2D eigenvalue weighted by Gasteiger charge is 2.81. The number of nitro benzene ring substituents is 1. The first-order chi connectivity index (χ1) is 18.0. The number of epoxide rings is 1. The number of aliphatic hydroxyl groups excluding tert-OH is 1. The van der Waals surface area contributed by atoms with Crippen LogP contribution in [-0.4, -0.2) is 34.4 Å². The molecule has 1 saturated heterocycles. The summed E-state index contributed by atoms with van der Waals surface area (Å²) in [7, 11) is 0. The molecule has 1 amide bonds. The molecule has 1 N–H and O–H groups in total. The Morgan fingerprint density at radius 2 is 1.92 bits per heavy atom. The van der Waals surface area contributed by atoms with Crippen molar-refractivity contribution in [3.05, 3.63) is 81.4 Å². The molecule has 2 fully saturated rings. The molecule has 0 spiro atoms. The number of allylic oxidation sites excluding steroid dienone is 2. The van der Waals surface area contributed by atoms with E-state index in [0.29, 0.717) is 17.7 Å². The molecule has 0 aromatic heterocycles. The van der Waals surface area contributed by atoms with Crippen molar-refractivity contribution in [2.24, 2.45) is 5.92 Å². The summed E-state index contributed by atoms with van der Waals surface area (Å²) in [5.41, 5.74) is 1.75. The van der Waals surface area contributed by atoms with E-state index in [1.165, 1.54) is 12.1 Å². The monoisotopic (exact) mass is 496 g/mol. The molecule has 4 bridgehead atoms. The molecule has 1 saturated carbocycles. The lowest BCUT2D eigenvalue weighted by atomic mass is 9.63. The van der Waals surface area contributed by atoms with Crippen LogP contribution in [0.2, 0.25) is 0 Å². The van der Waals surface area contributed by atoms with Crippen molar-refractivity contribution < 1.29 is 24.3 Å². The zero-order valence-corrected chi connectivity index (χ0v) is 20.0. The third-order valence-corrected chi connectivity index (χ3v) is 7.72. The summed E-state index contributed by atoms with van der Waals surface area (Å²) >= 11 is 0. The molecular weight excluding hydrogens is 472 g/mol. The van der Waals surface area contributed by atoms with Crippen LogP contribution in [0.4, 0.5) is 16.2 Å². The SMILES string of the molecule is O=C(OCc1ccc([N+](=O)[O-])cc1)N1c2ccc(CCO)cc2[C@@]23O[C@]24CCC[C@H]3C#C/C=C\C#C[C@H]14. The van der Waals surface area contributed by atoms with Gasteiger partial charge < -0.3 is 14.6 Å². The van der Waals surface area contributed by atoms with E-state index in [0.717, 1.165) is 30.4 Å². The lowest BCUT2D eigenvalue weighted by Gasteiger charge is -2.43. The van der Waals surface area contributed by atoms with Gasteiger partial charge in [0.05, 0.1) is 16.5 Å². The maximum Gasteiger partial charge on any atom is 0.415 e. The van der Waals surface area contributed by atoms with E-state index in [9.17, 15) is 20.0 Å². The largest absolute Gasteiger partial charge is 0.444 e. The van der Waals surface area contributed by atoms with Crippen LogP contribution < -0.4 is 4.90 Å². The first-order valence-corrected chi connectivity index (χ1v) is 12.3. The summed E-state index contributed by atoms with van der Waals surface area (Å²) in [5, 5.41) is 20.5. The zero-order chi connectivity index (χ0) is 25.6. The van der Waals surface area contributed by atoms with Gasteiger partial charge in [-0.15, -0.1) is 0 Å². The smallest absolute Gasteiger partial charge is 0.415 e. The van der Waals surface area contributed by atoms with Crippen molar-refractivity contribution in [3.63, 3.8) is 0 Å². The molecule has 2 aromatic carbocycles. The summed E-state index contributed by atoms with van der Waals surface area (Å²) in [6.07, 6.45) is 5.87. The van der Waals surface area contributed by atoms with Crippen molar-refractivity contribution in [3.8, 4) is 23.7 Å². The topological polar surface area (TPSA) is 105 Å². The number of aliphatic hydroxyl groups is 1. The molecule has 2 aliphatic heterocycles. The molecule has 0 unspecified atom stereocenters. The average Bonchev–Trinajstić information content (AvgIpc) is 3.62. The van der Waals surface area contributed by atoms with Gasteiger partial charge in [-0.05, 0) is 67.2 Å². The third-order valence-electron chi connectivity index (χ3n) is 7.72. The number of nitrogens with zero attached hydrogens (tertiary/aromatic N) is 2. The molecular formula is C29H24N2O6. The number of fused-ring (bicyclic) bond motifs is 1. The molecule has 2 aromatic rings. The Morgan fingerprint density at radius 3 is 2.68 bits per heavy atom. The van der Waals surface area contributed by atoms with E-state index >= 15 is 0 Å². The Morgan fingerprint density at radius 1 is 1.16 bits per heavy atom. The van der Waals surface area contributed by atoms with Gasteiger partial charge in [0.15, 0.2) is 0 Å². The molecule has 2 aliphatic carbocycles. The summed E-state index contributed by atoms with van der Waals surface area (Å²) < 4.78 is 12.4. The van der Waals surface area contributed by atoms with Crippen molar-refractivity contribution >= 4 is 17.5 Å². The number of rotatable bonds is 5. The summed E-state index contributed by atoms with van der Waals surface area (Å²) in [5.74, 6) is 12.8. The number of anilines is 1. The van der Waals surface area contributed by atoms with Crippen molar-refractivity contribution in [1.29, 1.82) is 0 Å². The highest BCUT2D eigenvalue weighted by Crippen LogP contribution is 2.72. The summed E-state index contributed by atoms with van der Waals surface area (Å²) in [6, 6.07) is 11.1. The minimum absolute atomic E-state index is 0.0148. The number of nitro groups is 1. The van der Waals surface area contributed by atoms with Gasteiger partial charge in [0, 0.05) is 24.3 Å². The first kappa shape index (κ1) is 23.3. The fourth-order valence-electron chi connectivity index (χ4n) is 6.07. The fourth-order valence-corrected chi connectivity index (χ4v) is 6.07. The maximum atomic E-state index is 13.7. The second-order valence-electron chi connectivity index (χ2n) is 9.66. The molecule has 0 radical (unpaired) electrons. The van der Waals surface area contributed by atoms with Gasteiger partial charge in [0.2, 0.25) is 0 Å². The number of hydrogen-bond acceptors (Lipinski definition) is 6. The Bertz CT molecular complexity index is 1440. The van der Waals surface area contributed by atoms with Crippen LogP contribution in [0.15, 0.2) is 54.6 Å². The van der Waals surface area contributed by atoms with E-state index in [2.05, 4.69) is 23.7 Å². The quantitative estimate of drug-likeness (QED) is 0.290. The van der Waals surface area contributed by atoms with E-state index in [-0.39, 0.29) is 24.8 Å². The zero-order valence-electron chi connectivity index (χ0n) is 20.0. The maximum absolute atomic E-state index is 13.7. The highest BCUT2D eigenvalue weighted by atomic mass is 16.6. The Labute approximate surface area is 214 Å². The lowest BCUT2D eigenvalue weighted by molar-refractivity contribution is -0.384. The van der Waals surface area contributed by atoms with Crippen LogP contribution in [-0.2, 0) is 28.1 Å². The van der Waals surface area contributed by atoms with E-state index < -0.39 is 28.3 Å². The van der Waals surface area contributed by atoms with Gasteiger partial charge in [-0.1, -0.05) is 35.8 Å². The molecule has 186 valence electrons. The third kappa shape index (κ3) is 3.53. The number of benzene rings is 2. The minimum atomic E-state index is -0.694. The van der Waals surface area contributed by atoms with Crippen LogP contribution in [0.1, 0.15) is 36.0 Å². The molecule has 2 heterocycles. The van der Waals surface area contributed by atoms with Gasteiger partial charge in [-0.25, -0.2) is 4.79 Å². The average molecular weight is 497 g/mol. The van der Waals surface area contributed by atoms with E-state index in [1.807, 2.05) is 18.2 Å². The first-order valence-electron chi connectivity index (χ1n) is 12.3. The second kappa shape index (κ2) is 8.77. The van der Waals surface area contributed by atoms with E-state index in [1.54, 1.807) is 29.2 Å². The normalized spacial score (nSPS) is 28.7. The minimum Gasteiger partial charge on any atom is -0.444 e. The van der Waals surface area contributed by atoms with Gasteiger partial charge >= 0.3 is 6.09 Å². The fraction of sp³-hybridized carbons (Fsp3) is 0.345. The Hall–Kier alpha value is -4.11. The summed E-state index contributed by atoms with van der Waals surface area (Å²) in [6.45, 7) is -0.0285. The summed E-state index contributed by atoms with van der Waals surface area (Å²) in [4.78, 5) is 25.7. The van der Waals surface area contributed by atoms with Crippen molar-refractivity contribution in [2.75, 3.05) is 11.5 Å². The van der Waals surface area contributed by atoms with Crippen LogP contribution in [0, 0.1) is 39.7 Å². The molecule has 4 atom stereocenters. The predicted octanol–water partition coefficient (Wildman–Crippen LogP) is 4.00. The van der Waals surface area contributed by atoms with Crippen LogP contribution in [0.3, 0.4) is 0 Å². The van der Waals surface area contributed by atoms with Crippen LogP contribution in [0.5, 0.6) is 0 Å². The number of carbonyl (C=O) groups excluding carboxylic acids is 1. The standard InChI is InChI=1S/C29H24N2O6/c32-17-15-20-11-14-25-24(18-20)29-22-6-3-1-2-4-8-26(28(29,37-29)16-5-7-22)30(25)27(33)36-19-21-9-12-23(13-10-21)31(34)35/h1-2,9-14,18,22,26,32H,5,7,15-17,19H2/b2-1-/t22-,26+,28+,29-/m1/s1. The predicted molar refractivity (Wildman–Crippen MR) is 134 cm³/mol. The molecule has 37 heavy (non-hydrogen) atoms. The van der Waals surface area contributed by atoms with Gasteiger partial charge in [0.1, 0.15) is 23.9 Å². The van der Waals surface area contributed by atoms with Gasteiger partial charge in [-0.2, -0.15) is 0 Å². The Balaban J connectivity index is 1.41. The van der Waals surface area contributed by atoms with Gasteiger partial charge in [0.25, 0.3) is 5.69 Å². The van der Waals surface area contributed by atoms with Crippen molar-refractivity contribution in [2.45, 2.75) is 49.5 Å². The van der Waals surface area contributed by atoms with Crippen molar-refractivity contribution in [1.82, 2.24) is 0 Å². The molecule has 4 aliphatic rings. The molecule has 8 heteroatoms. The number of non-ortho nitro benzene ring substituents is 1. The Kier molecular flexibility index (Phi) is 5.52. The number of hydrogen-bond donors (Lipinski definition) is 1. The number of carbonyl (C=O) groups is 1. The number of amides is 1. The second-order valence-corrected chi connectivity index (χ2v) is 9.66. The lowest BCUT2D eigenvalue weighted by Crippen LogP contribution is -2.57.